The van der Waals surface area contributed by atoms with E-state index >= 15 is 0 Å². The summed E-state index contributed by atoms with van der Waals surface area (Å²) in [5, 5.41) is 3.76. The highest BCUT2D eigenvalue weighted by atomic mass is 35.5. The molecule has 1 amide bonds. The van der Waals surface area contributed by atoms with Crippen molar-refractivity contribution in [2.24, 2.45) is 5.73 Å². The summed E-state index contributed by atoms with van der Waals surface area (Å²) < 4.78 is 0. The van der Waals surface area contributed by atoms with E-state index in [-0.39, 0.29) is 30.4 Å². The molecule has 7 heteroatoms. The molecule has 0 aliphatic carbocycles. The lowest BCUT2D eigenvalue weighted by molar-refractivity contribution is -0.118. The molecule has 124 valence electrons. The van der Waals surface area contributed by atoms with Gasteiger partial charge in [-0.1, -0.05) is 29.6 Å². The van der Waals surface area contributed by atoms with E-state index in [1.165, 1.54) is 6.42 Å². The Hall–Kier alpha value is -0.520. The molecular formula is C15H22Cl3N3O. The molecule has 1 aliphatic rings. The Kier molecular flexibility index (Phi) is 7.94. The first-order valence-corrected chi connectivity index (χ1v) is 7.97. The van der Waals surface area contributed by atoms with Crippen LogP contribution in [0.15, 0.2) is 18.2 Å². The van der Waals surface area contributed by atoms with E-state index in [9.17, 15) is 4.79 Å². The van der Waals surface area contributed by atoms with Crippen molar-refractivity contribution in [3.8, 4) is 0 Å². The zero-order valence-corrected chi connectivity index (χ0v) is 14.8. The minimum absolute atomic E-state index is 0. The highest BCUT2D eigenvalue weighted by Gasteiger charge is 2.26. The van der Waals surface area contributed by atoms with Crippen LogP contribution in [0.25, 0.3) is 0 Å². The lowest BCUT2D eigenvalue weighted by Gasteiger charge is -2.37. The van der Waals surface area contributed by atoms with Gasteiger partial charge < -0.3 is 11.1 Å². The number of piperidine rings is 1. The van der Waals surface area contributed by atoms with Crippen LogP contribution in [0.3, 0.4) is 0 Å². The zero-order valence-electron chi connectivity index (χ0n) is 12.5. The minimum atomic E-state index is -0.0547. The van der Waals surface area contributed by atoms with Gasteiger partial charge >= 0.3 is 0 Å². The molecule has 0 spiro atoms. The van der Waals surface area contributed by atoms with Gasteiger partial charge in [0.25, 0.3) is 0 Å². The number of nitrogens with two attached hydrogens (primary N) is 1. The standard InChI is InChI=1S/C15H21Cl2N3O.ClH/c1-10(18)14-4-2-3-7-20(14)9-15(21)19-11-5-6-12(16)13(17)8-11;/h5-6,8,10,14H,2-4,7,9,18H2,1H3,(H,19,21);1H. The first kappa shape index (κ1) is 19.5. The second kappa shape index (κ2) is 8.94. The van der Waals surface area contributed by atoms with Gasteiger partial charge in [0.05, 0.1) is 16.6 Å². The molecule has 1 aromatic rings. The molecule has 1 heterocycles. The van der Waals surface area contributed by atoms with Gasteiger partial charge in [-0.05, 0) is 44.5 Å². The lowest BCUT2D eigenvalue weighted by Crippen LogP contribution is -2.51. The average molecular weight is 367 g/mol. The van der Waals surface area contributed by atoms with Crippen molar-refractivity contribution in [2.45, 2.75) is 38.3 Å². The van der Waals surface area contributed by atoms with Gasteiger partial charge in [0.2, 0.25) is 5.91 Å². The predicted octanol–water partition coefficient (Wildman–Crippen LogP) is 3.56. The maximum absolute atomic E-state index is 12.2. The number of anilines is 1. The molecule has 0 bridgehead atoms. The second-order valence-electron chi connectivity index (χ2n) is 5.57. The van der Waals surface area contributed by atoms with Crippen LogP contribution in [0.2, 0.25) is 10.0 Å². The fourth-order valence-corrected chi connectivity index (χ4v) is 3.07. The second-order valence-corrected chi connectivity index (χ2v) is 6.38. The normalized spacial score (nSPS) is 20.1. The van der Waals surface area contributed by atoms with Crippen molar-refractivity contribution in [1.29, 1.82) is 0 Å². The van der Waals surface area contributed by atoms with Crippen LogP contribution in [0.1, 0.15) is 26.2 Å². The largest absolute Gasteiger partial charge is 0.327 e. The summed E-state index contributed by atoms with van der Waals surface area (Å²) in [4.78, 5) is 14.3. The quantitative estimate of drug-likeness (QED) is 0.856. The molecule has 2 atom stereocenters. The van der Waals surface area contributed by atoms with Crippen LogP contribution in [0, 0.1) is 0 Å². The maximum atomic E-state index is 12.2. The van der Waals surface area contributed by atoms with Crippen LogP contribution in [-0.2, 0) is 4.79 Å². The number of likely N-dealkylation sites (tertiary alicyclic amines) is 1. The van der Waals surface area contributed by atoms with Crippen molar-refractivity contribution in [2.75, 3.05) is 18.4 Å². The van der Waals surface area contributed by atoms with Gasteiger partial charge in [-0.25, -0.2) is 0 Å². The number of hydrogen-bond donors (Lipinski definition) is 2. The summed E-state index contributed by atoms with van der Waals surface area (Å²) >= 11 is 11.8. The third kappa shape index (κ3) is 5.28. The molecule has 3 N–H and O–H groups in total. The van der Waals surface area contributed by atoms with E-state index in [4.69, 9.17) is 28.9 Å². The van der Waals surface area contributed by atoms with E-state index in [1.807, 2.05) is 6.92 Å². The molecular weight excluding hydrogens is 345 g/mol. The Bertz CT molecular complexity index is 511. The van der Waals surface area contributed by atoms with E-state index in [2.05, 4.69) is 10.2 Å². The number of halogens is 3. The summed E-state index contributed by atoms with van der Waals surface area (Å²) in [6.07, 6.45) is 3.35. The molecule has 0 aromatic heterocycles. The smallest absolute Gasteiger partial charge is 0.238 e. The van der Waals surface area contributed by atoms with E-state index in [1.54, 1.807) is 18.2 Å². The van der Waals surface area contributed by atoms with Gasteiger partial charge in [-0.15, -0.1) is 12.4 Å². The zero-order chi connectivity index (χ0) is 15.4. The van der Waals surface area contributed by atoms with Crippen LogP contribution < -0.4 is 11.1 Å². The molecule has 1 aliphatic heterocycles. The number of carbonyl (C=O) groups is 1. The summed E-state index contributed by atoms with van der Waals surface area (Å²) in [6, 6.07) is 5.42. The molecule has 0 radical (unpaired) electrons. The van der Waals surface area contributed by atoms with Crippen LogP contribution >= 0.6 is 35.6 Å². The van der Waals surface area contributed by atoms with E-state index in [0.717, 1.165) is 19.4 Å². The van der Waals surface area contributed by atoms with Crippen LogP contribution in [0.4, 0.5) is 5.69 Å². The highest BCUT2D eigenvalue weighted by Crippen LogP contribution is 2.25. The summed E-state index contributed by atoms with van der Waals surface area (Å²) in [5.41, 5.74) is 6.67. The maximum Gasteiger partial charge on any atom is 0.238 e. The van der Waals surface area contributed by atoms with Gasteiger partial charge in [-0.2, -0.15) is 0 Å². The predicted molar refractivity (Wildman–Crippen MR) is 95.2 cm³/mol. The number of rotatable bonds is 4. The lowest BCUT2D eigenvalue weighted by atomic mass is 9.97. The molecule has 4 nitrogen and oxygen atoms in total. The molecule has 2 rings (SSSR count). The molecule has 1 saturated heterocycles. The van der Waals surface area contributed by atoms with Gasteiger partial charge in [-0.3, -0.25) is 9.69 Å². The SMILES string of the molecule is CC(N)C1CCCCN1CC(=O)Nc1ccc(Cl)c(Cl)c1.Cl. The number of carbonyl (C=O) groups excluding carboxylic acids is 1. The van der Waals surface area contributed by atoms with Gasteiger partial charge in [0, 0.05) is 17.8 Å². The van der Waals surface area contributed by atoms with Crippen LogP contribution in [-0.4, -0.2) is 36.0 Å². The highest BCUT2D eigenvalue weighted by molar-refractivity contribution is 6.42. The van der Waals surface area contributed by atoms with E-state index < -0.39 is 0 Å². The Morgan fingerprint density at radius 1 is 1.41 bits per heavy atom. The average Bonchev–Trinajstić information content (AvgIpc) is 2.43. The fourth-order valence-electron chi connectivity index (χ4n) is 2.77. The van der Waals surface area contributed by atoms with Crippen molar-refractivity contribution < 1.29 is 4.79 Å². The number of benzene rings is 1. The van der Waals surface area contributed by atoms with Crippen molar-refractivity contribution in [3.05, 3.63) is 28.2 Å². The third-order valence-electron chi connectivity index (χ3n) is 3.82. The Morgan fingerprint density at radius 2 is 2.14 bits per heavy atom. The summed E-state index contributed by atoms with van der Waals surface area (Å²) in [5.74, 6) is -0.0547. The molecule has 1 fully saturated rings. The minimum Gasteiger partial charge on any atom is -0.327 e. The summed E-state index contributed by atoms with van der Waals surface area (Å²) in [7, 11) is 0. The number of nitrogens with zero attached hydrogens (tertiary/aromatic N) is 1. The monoisotopic (exact) mass is 365 g/mol. The topological polar surface area (TPSA) is 58.4 Å². The van der Waals surface area contributed by atoms with Crippen molar-refractivity contribution in [3.63, 3.8) is 0 Å². The number of hydrogen-bond acceptors (Lipinski definition) is 3. The van der Waals surface area contributed by atoms with Crippen molar-refractivity contribution in [1.82, 2.24) is 4.90 Å². The molecule has 22 heavy (non-hydrogen) atoms. The molecule has 0 saturated carbocycles. The van der Waals surface area contributed by atoms with Crippen LogP contribution in [0.5, 0.6) is 0 Å². The summed E-state index contributed by atoms with van der Waals surface area (Å²) in [6.45, 7) is 3.27. The van der Waals surface area contributed by atoms with Gasteiger partial charge in [0.15, 0.2) is 0 Å². The van der Waals surface area contributed by atoms with Gasteiger partial charge in [0.1, 0.15) is 0 Å². The number of nitrogens with one attached hydrogen (secondary N) is 1. The first-order chi connectivity index (χ1) is 9.97. The van der Waals surface area contributed by atoms with E-state index in [0.29, 0.717) is 22.3 Å². The molecule has 1 aromatic carbocycles. The molecule has 2 unspecified atom stereocenters. The first-order valence-electron chi connectivity index (χ1n) is 7.22. The fraction of sp³-hybridized carbons (Fsp3) is 0.533. The Morgan fingerprint density at radius 3 is 2.77 bits per heavy atom. The van der Waals surface area contributed by atoms with Crippen molar-refractivity contribution >= 4 is 47.2 Å². The Labute approximate surface area is 147 Å². The third-order valence-corrected chi connectivity index (χ3v) is 4.56. The number of amides is 1. The Balaban J connectivity index is 0.00000242.